The Balaban J connectivity index is 2.90. The highest BCUT2D eigenvalue weighted by Crippen LogP contribution is 2.18. The molecule has 1 atom stereocenters. The van der Waals surface area contributed by atoms with Gasteiger partial charge in [0, 0.05) is 18.2 Å². The largest absolute Gasteiger partial charge is 0.316 e. The van der Waals surface area contributed by atoms with E-state index in [0.717, 1.165) is 12.8 Å². The van der Waals surface area contributed by atoms with Crippen molar-refractivity contribution in [2.45, 2.75) is 30.7 Å². The molecule has 0 heterocycles. The van der Waals surface area contributed by atoms with Gasteiger partial charge in [0.1, 0.15) is 0 Å². The van der Waals surface area contributed by atoms with Crippen LogP contribution in [0.25, 0.3) is 0 Å². The molecule has 0 amide bonds. The van der Waals surface area contributed by atoms with Crippen LogP contribution in [0.5, 0.6) is 0 Å². The second kappa shape index (κ2) is 6.63. The SMILES string of the molecule is CCCC(CS(=O)(=O)c1ccc([N+](=O)[O-])cc1)NC. The molecule has 0 fully saturated rings. The molecular weight excluding hydrogens is 268 g/mol. The normalized spacial score (nSPS) is 13.2. The molecular formula is C12H18N2O4S. The molecule has 1 aromatic carbocycles. The summed E-state index contributed by atoms with van der Waals surface area (Å²) in [6.07, 6.45) is 1.66. The monoisotopic (exact) mass is 286 g/mol. The minimum atomic E-state index is -3.42. The fourth-order valence-corrected chi connectivity index (χ4v) is 3.40. The standard InChI is InChI=1S/C12H18N2O4S/c1-3-4-10(13-2)9-19(17,18)12-7-5-11(6-8-12)14(15)16/h5-8,10,13H,3-4,9H2,1-2H3. The van der Waals surface area contributed by atoms with Crippen molar-refractivity contribution in [1.82, 2.24) is 5.32 Å². The van der Waals surface area contributed by atoms with Gasteiger partial charge in [-0.3, -0.25) is 10.1 Å². The van der Waals surface area contributed by atoms with Gasteiger partial charge in [-0.2, -0.15) is 0 Å². The first-order valence-corrected chi connectivity index (χ1v) is 7.70. The van der Waals surface area contributed by atoms with E-state index in [1.807, 2.05) is 6.92 Å². The predicted molar refractivity (Wildman–Crippen MR) is 72.9 cm³/mol. The molecule has 0 aliphatic heterocycles. The Morgan fingerprint density at radius 2 is 1.89 bits per heavy atom. The van der Waals surface area contributed by atoms with Crippen LogP contribution in [-0.2, 0) is 9.84 Å². The maximum Gasteiger partial charge on any atom is 0.269 e. The van der Waals surface area contributed by atoms with Gasteiger partial charge in [-0.05, 0) is 25.6 Å². The number of benzene rings is 1. The molecule has 0 aromatic heterocycles. The van der Waals surface area contributed by atoms with Crippen molar-refractivity contribution in [2.75, 3.05) is 12.8 Å². The zero-order valence-corrected chi connectivity index (χ0v) is 11.8. The minimum Gasteiger partial charge on any atom is -0.316 e. The average Bonchev–Trinajstić information content (AvgIpc) is 2.38. The molecule has 0 spiro atoms. The first-order valence-electron chi connectivity index (χ1n) is 6.05. The maximum atomic E-state index is 12.1. The molecule has 6 nitrogen and oxygen atoms in total. The summed E-state index contributed by atoms with van der Waals surface area (Å²) in [6.45, 7) is 1.99. The van der Waals surface area contributed by atoms with E-state index in [2.05, 4.69) is 5.32 Å². The van der Waals surface area contributed by atoms with Crippen molar-refractivity contribution >= 4 is 15.5 Å². The molecule has 106 valence electrons. The predicted octanol–water partition coefficient (Wildman–Crippen LogP) is 1.76. The molecule has 19 heavy (non-hydrogen) atoms. The lowest BCUT2D eigenvalue weighted by Crippen LogP contribution is -2.32. The van der Waals surface area contributed by atoms with Crippen molar-refractivity contribution in [3.05, 3.63) is 34.4 Å². The van der Waals surface area contributed by atoms with E-state index in [9.17, 15) is 18.5 Å². The molecule has 7 heteroatoms. The number of sulfone groups is 1. The quantitative estimate of drug-likeness (QED) is 0.609. The van der Waals surface area contributed by atoms with Crippen LogP contribution in [-0.4, -0.2) is 32.2 Å². The van der Waals surface area contributed by atoms with Crippen molar-refractivity contribution in [3.8, 4) is 0 Å². The molecule has 0 radical (unpaired) electrons. The number of nitro groups is 1. The molecule has 0 aliphatic rings. The van der Waals surface area contributed by atoms with Gasteiger partial charge in [0.25, 0.3) is 5.69 Å². The third kappa shape index (κ3) is 4.29. The van der Waals surface area contributed by atoms with Crippen LogP contribution in [0.1, 0.15) is 19.8 Å². The Labute approximate surface area is 112 Å². The van der Waals surface area contributed by atoms with Crippen LogP contribution in [0, 0.1) is 10.1 Å². The number of rotatable bonds is 7. The fourth-order valence-electron chi connectivity index (χ4n) is 1.80. The minimum absolute atomic E-state index is 0.00481. The number of hydrogen-bond acceptors (Lipinski definition) is 5. The molecule has 1 aromatic rings. The van der Waals surface area contributed by atoms with Gasteiger partial charge >= 0.3 is 0 Å². The highest BCUT2D eigenvalue weighted by atomic mass is 32.2. The zero-order valence-electron chi connectivity index (χ0n) is 11.0. The van der Waals surface area contributed by atoms with Gasteiger partial charge in [-0.25, -0.2) is 8.42 Å². The van der Waals surface area contributed by atoms with Crippen LogP contribution >= 0.6 is 0 Å². The first-order chi connectivity index (χ1) is 8.90. The van der Waals surface area contributed by atoms with Gasteiger partial charge in [-0.1, -0.05) is 13.3 Å². The van der Waals surface area contributed by atoms with Crippen molar-refractivity contribution in [2.24, 2.45) is 0 Å². The van der Waals surface area contributed by atoms with Crippen molar-refractivity contribution in [3.63, 3.8) is 0 Å². The lowest BCUT2D eigenvalue weighted by Gasteiger charge is -2.15. The van der Waals surface area contributed by atoms with Gasteiger partial charge in [-0.15, -0.1) is 0 Å². The molecule has 0 aliphatic carbocycles. The molecule has 1 unspecified atom stereocenters. The molecule has 0 saturated heterocycles. The Morgan fingerprint density at radius 3 is 2.32 bits per heavy atom. The third-order valence-corrected chi connectivity index (χ3v) is 4.70. The van der Waals surface area contributed by atoms with Crippen LogP contribution < -0.4 is 5.32 Å². The van der Waals surface area contributed by atoms with Gasteiger partial charge in [0.2, 0.25) is 0 Å². The van der Waals surface area contributed by atoms with Crippen LogP contribution in [0.15, 0.2) is 29.2 Å². The lowest BCUT2D eigenvalue weighted by molar-refractivity contribution is -0.384. The van der Waals surface area contributed by atoms with Gasteiger partial charge < -0.3 is 5.32 Å². The summed E-state index contributed by atoms with van der Waals surface area (Å²) >= 11 is 0. The van der Waals surface area contributed by atoms with E-state index in [1.54, 1.807) is 7.05 Å². The molecule has 0 bridgehead atoms. The summed E-state index contributed by atoms with van der Waals surface area (Å²) in [6, 6.07) is 4.88. The number of nitro benzene ring substituents is 1. The third-order valence-electron chi connectivity index (χ3n) is 2.87. The molecule has 1 rings (SSSR count). The van der Waals surface area contributed by atoms with E-state index in [0.29, 0.717) is 0 Å². The summed E-state index contributed by atoms with van der Waals surface area (Å²) < 4.78 is 24.3. The smallest absolute Gasteiger partial charge is 0.269 e. The second-order valence-corrected chi connectivity index (χ2v) is 6.34. The van der Waals surface area contributed by atoms with Gasteiger partial charge in [0.05, 0.1) is 15.6 Å². The average molecular weight is 286 g/mol. The number of nitrogens with one attached hydrogen (secondary N) is 1. The Bertz CT molecular complexity index is 525. The number of hydrogen-bond donors (Lipinski definition) is 1. The highest BCUT2D eigenvalue weighted by Gasteiger charge is 2.20. The van der Waals surface area contributed by atoms with Crippen molar-refractivity contribution < 1.29 is 13.3 Å². The Hall–Kier alpha value is -1.47. The van der Waals surface area contributed by atoms with Crippen LogP contribution in [0.3, 0.4) is 0 Å². The highest BCUT2D eigenvalue weighted by molar-refractivity contribution is 7.91. The Kier molecular flexibility index (Phi) is 5.44. The number of non-ortho nitro benzene ring substituents is 1. The summed E-state index contributed by atoms with van der Waals surface area (Å²) in [4.78, 5) is 10.1. The van der Waals surface area contributed by atoms with E-state index in [4.69, 9.17) is 0 Å². The van der Waals surface area contributed by atoms with E-state index >= 15 is 0 Å². The summed E-state index contributed by atoms with van der Waals surface area (Å²) in [5.41, 5.74) is -0.113. The molecule has 0 saturated carbocycles. The first kappa shape index (κ1) is 15.6. The van der Waals surface area contributed by atoms with E-state index < -0.39 is 14.8 Å². The van der Waals surface area contributed by atoms with E-state index in [-0.39, 0.29) is 22.4 Å². The fraction of sp³-hybridized carbons (Fsp3) is 0.500. The second-order valence-electron chi connectivity index (χ2n) is 4.31. The van der Waals surface area contributed by atoms with Crippen molar-refractivity contribution in [1.29, 1.82) is 0 Å². The topological polar surface area (TPSA) is 89.3 Å². The van der Waals surface area contributed by atoms with Gasteiger partial charge in [0.15, 0.2) is 9.84 Å². The summed E-state index contributed by atoms with van der Waals surface area (Å²) in [5, 5.41) is 13.5. The summed E-state index contributed by atoms with van der Waals surface area (Å²) in [5.74, 6) is -0.00481. The molecule has 1 N–H and O–H groups in total. The van der Waals surface area contributed by atoms with Crippen LogP contribution in [0.2, 0.25) is 0 Å². The number of nitrogens with zero attached hydrogens (tertiary/aromatic N) is 1. The maximum absolute atomic E-state index is 12.1. The lowest BCUT2D eigenvalue weighted by atomic mass is 10.2. The zero-order chi connectivity index (χ0) is 14.5. The van der Waals surface area contributed by atoms with E-state index in [1.165, 1.54) is 24.3 Å². The summed E-state index contributed by atoms with van der Waals surface area (Å²) in [7, 11) is -1.69. The van der Waals surface area contributed by atoms with Crippen LogP contribution in [0.4, 0.5) is 5.69 Å². The Morgan fingerprint density at radius 1 is 1.32 bits per heavy atom.